The van der Waals surface area contributed by atoms with Crippen molar-refractivity contribution in [2.45, 2.75) is 25.3 Å². The highest BCUT2D eigenvalue weighted by Crippen LogP contribution is 2.29. The Kier molecular flexibility index (Phi) is 3.74. The number of hydrogen-bond acceptors (Lipinski definition) is 4. The van der Waals surface area contributed by atoms with Gasteiger partial charge in [-0.15, -0.1) is 0 Å². The summed E-state index contributed by atoms with van der Waals surface area (Å²) in [5.74, 6) is 0.876. The quantitative estimate of drug-likeness (QED) is 0.872. The number of piperidine rings is 1. The van der Waals surface area contributed by atoms with E-state index in [0.29, 0.717) is 6.04 Å². The number of nitrogen functional groups attached to an aromatic ring is 1. The third kappa shape index (κ3) is 2.56. The van der Waals surface area contributed by atoms with Crippen molar-refractivity contribution in [1.29, 1.82) is 0 Å². The van der Waals surface area contributed by atoms with Crippen LogP contribution in [0.4, 0.5) is 5.69 Å². The molecule has 1 aromatic heterocycles. The van der Waals surface area contributed by atoms with Crippen LogP contribution < -0.4 is 10.5 Å². The van der Waals surface area contributed by atoms with Crippen LogP contribution in [0.3, 0.4) is 0 Å². The summed E-state index contributed by atoms with van der Waals surface area (Å²) < 4.78 is 6.05. The topological polar surface area (TPSA) is 51.4 Å². The van der Waals surface area contributed by atoms with Gasteiger partial charge in [0, 0.05) is 34.9 Å². The molecule has 2 heterocycles. The predicted molar refractivity (Wildman–Crippen MR) is 81.9 cm³/mol. The summed E-state index contributed by atoms with van der Waals surface area (Å²) in [6.07, 6.45) is 7.38. The highest BCUT2D eigenvalue weighted by Gasteiger charge is 2.19. The number of nitrogens with two attached hydrogens (primary N) is 1. The zero-order valence-electron chi connectivity index (χ0n) is 11.9. The summed E-state index contributed by atoms with van der Waals surface area (Å²) in [6.45, 7) is 1.89. The van der Waals surface area contributed by atoms with Gasteiger partial charge in [0.15, 0.2) is 0 Å². The molecule has 1 aromatic carbocycles. The molecule has 0 spiro atoms. The Morgan fingerprint density at radius 1 is 1.30 bits per heavy atom. The van der Waals surface area contributed by atoms with Crippen LogP contribution in [-0.2, 0) is 0 Å². The van der Waals surface area contributed by atoms with Gasteiger partial charge in [-0.2, -0.15) is 0 Å². The Hall–Kier alpha value is -1.81. The molecule has 1 aliphatic heterocycles. The van der Waals surface area contributed by atoms with Gasteiger partial charge in [0.05, 0.1) is 0 Å². The first-order valence-corrected chi connectivity index (χ1v) is 7.21. The molecule has 0 radical (unpaired) electrons. The number of fused-ring (bicyclic) bond motifs is 1. The molecule has 0 aliphatic carbocycles. The maximum Gasteiger partial charge on any atom is 0.128 e. The second kappa shape index (κ2) is 5.67. The number of anilines is 1. The van der Waals surface area contributed by atoms with E-state index in [-0.39, 0.29) is 0 Å². The van der Waals surface area contributed by atoms with Crippen LogP contribution >= 0.6 is 0 Å². The Labute approximate surface area is 119 Å². The lowest BCUT2D eigenvalue weighted by atomic mass is 10.0. The lowest BCUT2D eigenvalue weighted by molar-refractivity contribution is 0.126. The molecule has 3 rings (SSSR count). The fraction of sp³-hybridized carbons (Fsp3) is 0.438. The molecular formula is C16H21N3O. The first kappa shape index (κ1) is 13.2. The summed E-state index contributed by atoms with van der Waals surface area (Å²) in [7, 11) is 2.18. The summed E-state index contributed by atoms with van der Waals surface area (Å²) >= 11 is 0. The molecule has 4 nitrogen and oxygen atoms in total. The minimum atomic E-state index is 0.507. The zero-order valence-corrected chi connectivity index (χ0v) is 11.9. The van der Waals surface area contributed by atoms with Crippen molar-refractivity contribution in [3.05, 3.63) is 30.6 Å². The van der Waals surface area contributed by atoms with E-state index in [9.17, 15) is 0 Å². The SMILES string of the molecule is CN1CCCCC1COc1ccc(N)c2ccncc12. The van der Waals surface area contributed by atoms with E-state index in [4.69, 9.17) is 10.5 Å². The van der Waals surface area contributed by atoms with Crippen molar-refractivity contribution < 1.29 is 4.74 Å². The summed E-state index contributed by atoms with van der Waals surface area (Å²) in [5.41, 5.74) is 6.76. The molecule has 20 heavy (non-hydrogen) atoms. The van der Waals surface area contributed by atoms with Gasteiger partial charge in [0.25, 0.3) is 0 Å². The highest BCUT2D eigenvalue weighted by molar-refractivity contribution is 5.96. The van der Waals surface area contributed by atoms with Crippen LogP contribution in [-0.4, -0.2) is 36.1 Å². The van der Waals surface area contributed by atoms with Gasteiger partial charge in [-0.1, -0.05) is 6.42 Å². The van der Waals surface area contributed by atoms with Crippen molar-refractivity contribution in [2.24, 2.45) is 0 Å². The van der Waals surface area contributed by atoms with Gasteiger partial charge in [0.2, 0.25) is 0 Å². The standard InChI is InChI=1S/C16H21N3O/c1-19-9-3-2-4-12(19)11-20-16-6-5-15(17)13-7-8-18-10-14(13)16/h5-8,10,12H,2-4,9,11,17H2,1H3. The molecule has 1 unspecified atom stereocenters. The van der Waals surface area contributed by atoms with Gasteiger partial charge in [-0.3, -0.25) is 4.98 Å². The molecule has 2 aromatic rings. The van der Waals surface area contributed by atoms with E-state index in [1.807, 2.05) is 24.4 Å². The van der Waals surface area contributed by atoms with E-state index in [0.717, 1.165) is 35.4 Å². The Morgan fingerprint density at radius 2 is 2.20 bits per heavy atom. The fourth-order valence-corrected chi connectivity index (χ4v) is 2.85. The van der Waals surface area contributed by atoms with E-state index >= 15 is 0 Å². The third-order valence-corrected chi connectivity index (χ3v) is 4.16. The van der Waals surface area contributed by atoms with Crippen molar-refractivity contribution in [2.75, 3.05) is 25.9 Å². The minimum Gasteiger partial charge on any atom is -0.491 e. The number of pyridine rings is 1. The van der Waals surface area contributed by atoms with Crippen LogP contribution in [0.15, 0.2) is 30.6 Å². The molecule has 1 fully saturated rings. The Balaban J connectivity index is 1.79. The number of ether oxygens (including phenoxy) is 1. The number of rotatable bonds is 3. The Bertz CT molecular complexity index is 599. The fourth-order valence-electron chi connectivity index (χ4n) is 2.85. The molecule has 4 heteroatoms. The first-order chi connectivity index (χ1) is 9.75. The Morgan fingerprint density at radius 3 is 3.05 bits per heavy atom. The minimum absolute atomic E-state index is 0.507. The van der Waals surface area contributed by atoms with Gasteiger partial charge < -0.3 is 15.4 Å². The second-order valence-corrected chi connectivity index (χ2v) is 5.52. The maximum atomic E-state index is 6.05. The lowest BCUT2D eigenvalue weighted by Crippen LogP contribution is -2.40. The average molecular weight is 271 g/mol. The van der Waals surface area contributed by atoms with Crippen molar-refractivity contribution in [3.8, 4) is 5.75 Å². The summed E-state index contributed by atoms with van der Waals surface area (Å²) in [4.78, 5) is 6.57. The number of benzene rings is 1. The van der Waals surface area contributed by atoms with Crippen LogP contribution in [0.1, 0.15) is 19.3 Å². The van der Waals surface area contributed by atoms with Crippen LogP contribution in [0.2, 0.25) is 0 Å². The van der Waals surface area contributed by atoms with Crippen LogP contribution in [0.5, 0.6) is 5.75 Å². The van der Waals surface area contributed by atoms with Crippen LogP contribution in [0.25, 0.3) is 10.8 Å². The lowest BCUT2D eigenvalue weighted by Gasteiger charge is -2.32. The molecule has 0 saturated carbocycles. The number of likely N-dealkylation sites (tertiary alicyclic amines) is 1. The molecule has 0 amide bonds. The first-order valence-electron chi connectivity index (χ1n) is 7.21. The number of hydrogen-bond donors (Lipinski definition) is 1. The van der Waals surface area contributed by atoms with Gasteiger partial charge in [-0.25, -0.2) is 0 Å². The molecule has 0 bridgehead atoms. The molecule has 2 N–H and O–H groups in total. The number of aromatic nitrogens is 1. The van der Waals surface area contributed by atoms with E-state index in [2.05, 4.69) is 16.9 Å². The summed E-state index contributed by atoms with van der Waals surface area (Å²) in [5, 5.41) is 2.00. The molecule has 1 atom stereocenters. The highest BCUT2D eigenvalue weighted by atomic mass is 16.5. The van der Waals surface area contributed by atoms with Gasteiger partial charge in [0.1, 0.15) is 12.4 Å². The van der Waals surface area contributed by atoms with Gasteiger partial charge >= 0.3 is 0 Å². The van der Waals surface area contributed by atoms with E-state index in [1.54, 1.807) is 6.20 Å². The molecule has 1 saturated heterocycles. The predicted octanol–water partition coefficient (Wildman–Crippen LogP) is 2.68. The average Bonchev–Trinajstić information content (AvgIpc) is 2.48. The monoisotopic (exact) mass is 271 g/mol. The van der Waals surface area contributed by atoms with Crippen molar-refractivity contribution in [3.63, 3.8) is 0 Å². The normalized spacial score (nSPS) is 20.1. The third-order valence-electron chi connectivity index (χ3n) is 4.16. The molecule has 106 valence electrons. The summed E-state index contributed by atoms with van der Waals surface area (Å²) in [6, 6.07) is 6.29. The zero-order chi connectivity index (χ0) is 13.9. The molecule has 1 aliphatic rings. The number of likely N-dealkylation sites (N-methyl/N-ethyl adjacent to an activating group) is 1. The largest absolute Gasteiger partial charge is 0.491 e. The molecular weight excluding hydrogens is 250 g/mol. The number of nitrogens with zero attached hydrogens (tertiary/aromatic N) is 2. The van der Waals surface area contributed by atoms with E-state index < -0.39 is 0 Å². The van der Waals surface area contributed by atoms with Gasteiger partial charge in [-0.05, 0) is 44.6 Å². The maximum absolute atomic E-state index is 6.05. The van der Waals surface area contributed by atoms with Crippen molar-refractivity contribution in [1.82, 2.24) is 9.88 Å². The van der Waals surface area contributed by atoms with Crippen molar-refractivity contribution >= 4 is 16.5 Å². The smallest absolute Gasteiger partial charge is 0.128 e. The van der Waals surface area contributed by atoms with Crippen LogP contribution in [0, 0.1) is 0 Å². The second-order valence-electron chi connectivity index (χ2n) is 5.52. The van der Waals surface area contributed by atoms with E-state index in [1.165, 1.54) is 19.3 Å².